The number of nitrogens with two attached hydrogens (primary N) is 1. The smallest absolute Gasteiger partial charge is 0.246 e. The van der Waals surface area contributed by atoms with Crippen LogP contribution in [0.25, 0.3) is 11.0 Å². The maximum Gasteiger partial charge on any atom is 0.246 e. The zero-order valence-electron chi connectivity index (χ0n) is 19.8. The largest absolute Gasteiger partial charge is 0.492 e. The molecule has 3 aromatic rings. The average molecular weight is 544 g/mol. The van der Waals surface area contributed by atoms with Crippen molar-refractivity contribution in [3.05, 3.63) is 72.1 Å². The lowest BCUT2D eigenvalue weighted by Gasteiger charge is -2.36. The third kappa shape index (κ3) is 4.84. The first-order valence-corrected chi connectivity index (χ1v) is 13.7. The van der Waals surface area contributed by atoms with E-state index < -0.39 is 26.6 Å². The van der Waals surface area contributed by atoms with Gasteiger partial charge < -0.3 is 24.9 Å². The number of rotatable bonds is 8. The van der Waals surface area contributed by atoms with Gasteiger partial charge in [0, 0.05) is 24.8 Å². The molecule has 0 bridgehead atoms. The SMILES string of the molecule is NC(=O)C1C=CC=CC1(Oc1cnc2[nH]ccc2c1)S(=O)(=O)c1ccc(OCC2CCOCC2)c(Cl)c1. The molecule has 0 saturated carbocycles. The number of aromatic nitrogens is 2. The number of aromatic amines is 1. The molecule has 1 saturated heterocycles. The van der Waals surface area contributed by atoms with Gasteiger partial charge in [-0.05, 0) is 55.2 Å². The number of hydrogen-bond acceptors (Lipinski definition) is 7. The molecule has 1 aliphatic heterocycles. The number of carbonyl (C=O) groups excluding carboxylic acids is 1. The third-order valence-electron chi connectivity index (χ3n) is 6.58. The molecular formula is C26H26ClN3O6S. The van der Waals surface area contributed by atoms with Gasteiger partial charge in [-0.15, -0.1) is 0 Å². The maximum absolute atomic E-state index is 14.2. The van der Waals surface area contributed by atoms with Crippen LogP contribution in [0.2, 0.25) is 5.02 Å². The Bertz CT molecular complexity index is 1480. The van der Waals surface area contributed by atoms with Crippen molar-refractivity contribution in [1.82, 2.24) is 9.97 Å². The van der Waals surface area contributed by atoms with Gasteiger partial charge in [-0.3, -0.25) is 4.79 Å². The van der Waals surface area contributed by atoms with Crippen LogP contribution in [-0.4, -0.2) is 49.0 Å². The molecule has 2 aliphatic rings. The number of carbonyl (C=O) groups is 1. The van der Waals surface area contributed by atoms with Gasteiger partial charge >= 0.3 is 0 Å². The van der Waals surface area contributed by atoms with E-state index in [0.717, 1.165) is 12.8 Å². The van der Waals surface area contributed by atoms with Gasteiger partial charge in [0.1, 0.15) is 23.1 Å². The molecule has 1 aliphatic carbocycles. The van der Waals surface area contributed by atoms with Crippen LogP contribution in [0.3, 0.4) is 0 Å². The second-order valence-corrected chi connectivity index (χ2v) is 11.5. The Kier molecular flexibility index (Phi) is 6.98. The highest BCUT2D eigenvalue weighted by molar-refractivity contribution is 7.93. The summed E-state index contributed by atoms with van der Waals surface area (Å²) in [6.45, 7) is 1.83. The summed E-state index contributed by atoms with van der Waals surface area (Å²) in [5, 5.41) is 0.842. The van der Waals surface area contributed by atoms with Crippen molar-refractivity contribution >= 4 is 38.4 Å². The summed E-state index contributed by atoms with van der Waals surface area (Å²) in [7, 11) is -4.38. The first-order valence-electron chi connectivity index (χ1n) is 11.8. The van der Waals surface area contributed by atoms with Crippen LogP contribution in [0.1, 0.15) is 12.8 Å². The number of benzene rings is 1. The van der Waals surface area contributed by atoms with Crippen LogP contribution < -0.4 is 15.2 Å². The minimum atomic E-state index is -4.38. The number of amides is 1. The Morgan fingerprint density at radius 3 is 2.78 bits per heavy atom. The summed E-state index contributed by atoms with van der Waals surface area (Å²) in [5.41, 5.74) is 6.27. The van der Waals surface area contributed by atoms with E-state index in [1.54, 1.807) is 24.4 Å². The molecule has 2 unspecified atom stereocenters. The molecule has 11 heteroatoms. The summed E-state index contributed by atoms with van der Waals surface area (Å²) in [6.07, 6.45) is 10.7. The van der Waals surface area contributed by atoms with Gasteiger partial charge in [-0.1, -0.05) is 29.8 Å². The zero-order valence-corrected chi connectivity index (χ0v) is 21.4. The van der Waals surface area contributed by atoms with Gasteiger partial charge in [0.15, 0.2) is 0 Å². The molecule has 1 aromatic carbocycles. The van der Waals surface area contributed by atoms with Gasteiger partial charge in [-0.2, -0.15) is 0 Å². The number of pyridine rings is 1. The number of primary amides is 1. The van der Waals surface area contributed by atoms with Crippen molar-refractivity contribution < 1.29 is 27.4 Å². The van der Waals surface area contributed by atoms with Gasteiger partial charge in [0.2, 0.25) is 20.7 Å². The van der Waals surface area contributed by atoms with Crippen molar-refractivity contribution in [3.8, 4) is 11.5 Å². The lowest BCUT2D eigenvalue weighted by Crippen LogP contribution is -2.53. The first kappa shape index (κ1) is 25.3. The highest BCUT2D eigenvalue weighted by Crippen LogP contribution is 2.41. The molecule has 0 radical (unpaired) electrons. The Morgan fingerprint density at radius 1 is 1.22 bits per heavy atom. The first-order chi connectivity index (χ1) is 17.8. The molecule has 194 valence electrons. The minimum absolute atomic E-state index is 0.129. The number of H-pyrrole nitrogens is 1. The van der Waals surface area contributed by atoms with Crippen molar-refractivity contribution in [3.63, 3.8) is 0 Å². The quantitative estimate of drug-likeness (QED) is 0.441. The molecule has 1 fully saturated rings. The van der Waals surface area contributed by atoms with Crippen molar-refractivity contribution in [1.29, 1.82) is 0 Å². The van der Waals surface area contributed by atoms with E-state index in [1.807, 2.05) is 0 Å². The molecule has 5 rings (SSSR count). The molecule has 3 N–H and O–H groups in total. The van der Waals surface area contributed by atoms with E-state index >= 15 is 0 Å². The minimum Gasteiger partial charge on any atom is -0.492 e. The lowest BCUT2D eigenvalue weighted by atomic mass is 9.96. The predicted octanol–water partition coefficient (Wildman–Crippen LogP) is 3.80. The number of ether oxygens (including phenoxy) is 3. The molecule has 1 amide bonds. The number of nitrogens with one attached hydrogen (secondary N) is 1. The Hall–Kier alpha value is -3.34. The standard InChI is InChI=1S/C26H26ClN3O6S/c27-22-14-20(4-5-23(22)35-16-17-7-11-34-12-8-17)37(32,33)26(9-2-1-3-21(26)24(28)31)36-19-13-18-6-10-29-25(18)30-15-19/h1-6,9-10,13-15,17,21H,7-8,11-12,16H2,(H2,28,31)(H,29,30). The van der Waals surface area contributed by atoms with Gasteiger partial charge in [-0.25, -0.2) is 13.4 Å². The fourth-order valence-electron chi connectivity index (χ4n) is 4.54. The van der Waals surface area contributed by atoms with Gasteiger partial charge in [0.05, 0.1) is 22.7 Å². The highest BCUT2D eigenvalue weighted by atomic mass is 35.5. The highest BCUT2D eigenvalue weighted by Gasteiger charge is 2.54. The normalized spacial score (nSPS) is 22.2. The Labute approximate surface area is 219 Å². The number of fused-ring (bicyclic) bond motifs is 1. The molecule has 2 aromatic heterocycles. The number of hydrogen-bond donors (Lipinski definition) is 2. The fraction of sp³-hybridized carbons (Fsp3) is 0.308. The fourth-order valence-corrected chi connectivity index (χ4v) is 6.72. The molecular weight excluding hydrogens is 518 g/mol. The summed E-state index contributed by atoms with van der Waals surface area (Å²) in [4.78, 5) is 17.4. The van der Waals surface area contributed by atoms with Crippen LogP contribution in [0.4, 0.5) is 0 Å². The van der Waals surface area contributed by atoms with E-state index in [-0.39, 0.29) is 15.7 Å². The van der Waals surface area contributed by atoms with E-state index in [1.165, 1.54) is 42.6 Å². The summed E-state index contributed by atoms with van der Waals surface area (Å²) < 4.78 is 45.7. The molecule has 9 nitrogen and oxygen atoms in total. The second kappa shape index (κ2) is 10.2. The summed E-state index contributed by atoms with van der Waals surface area (Å²) in [5.74, 6) is -1.31. The third-order valence-corrected chi connectivity index (χ3v) is 9.07. The Morgan fingerprint density at radius 2 is 2.03 bits per heavy atom. The van der Waals surface area contributed by atoms with Crippen molar-refractivity contribution in [2.75, 3.05) is 19.8 Å². The monoisotopic (exact) mass is 543 g/mol. The zero-order chi connectivity index (χ0) is 26.0. The average Bonchev–Trinajstić information content (AvgIpc) is 3.36. The number of sulfone groups is 1. The van der Waals surface area contributed by atoms with E-state index in [0.29, 0.717) is 42.5 Å². The number of allylic oxidation sites excluding steroid dienone is 2. The van der Waals surface area contributed by atoms with Crippen LogP contribution in [-0.2, 0) is 19.4 Å². The summed E-state index contributed by atoms with van der Waals surface area (Å²) in [6, 6.07) is 7.62. The molecule has 0 spiro atoms. The van der Waals surface area contributed by atoms with Crippen LogP contribution in [0, 0.1) is 11.8 Å². The van der Waals surface area contributed by atoms with Gasteiger partial charge in [0.25, 0.3) is 0 Å². The Balaban J connectivity index is 1.50. The molecule has 3 heterocycles. The summed E-state index contributed by atoms with van der Waals surface area (Å²) >= 11 is 6.46. The van der Waals surface area contributed by atoms with E-state index in [9.17, 15) is 13.2 Å². The van der Waals surface area contributed by atoms with E-state index in [2.05, 4.69) is 9.97 Å². The van der Waals surface area contributed by atoms with Crippen LogP contribution in [0.5, 0.6) is 11.5 Å². The lowest BCUT2D eigenvalue weighted by molar-refractivity contribution is -0.123. The predicted molar refractivity (Wildman–Crippen MR) is 138 cm³/mol. The number of nitrogens with zero attached hydrogens (tertiary/aromatic N) is 1. The molecule has 2 atom stereocenters. The van der Waals surface area contributed by atoms with E-state index in [4.69, 9.17) is 31.5 Å². The van der Waals surface area contributed by atoms with Crippen molar-refractivity contribution in [2.24, 2.45) is 17.6 Å². The van der Waals surface area contributed by atoms with Crippen LogP contribution in [0.15, 0.2) is 71.9 Å². The van der Waals surface area contributed by atoms with Crippen LogP contribution >= 0.6 is 11.6 Å². The molecule has 37 heavy (non-hydrogen) atoms. The topological polar surface area (TPSA) is 134 Å². The second-order valence-electron chi connectivity index (χ2n) is 9.00. The number of halogens is 1. The maximum atomic E-state index is 14.2. The van der Waals surface area contributed by atoms with Crippen molar-refractivity contribution in [2.45, 2.75) is 22.7 Å².